The molecule has 1 fully saturated rings. The maximum atomic E-state index is 15.4. The number of phenols is 1. The fourth-order valence-electron chi connectivity index (χ4n) is 6.51. The summed E-state index contributed by atoms with van der Waals surface area (Å²) < 4.78 is 16.8. The smallest absolute Gasteiger partial charge is 0.355 e. The Morgan fingerprint density at radius 2 is 1.85 bits per heavy atom. The number of pyridine rings is 1. The zero-order valence-corrected chi connectivity index (χ0v) is 27.1. The van der Waals surface area contributed by atoms with E-state index in [1.807, 2.05) is 39.5 Å². The Morgan fingerprint density at radius 1 is 1.15 bits per heavy atom. The third-order valence-corrected chi connectivity index (χ3v) is 9.09. The molecule has 0 radical (unpaired) electrons. The molecule has 1 aromatic carbocycles. The van der Waals surface area contributed by atoms with Crippen molar-refractivity contribution in [3.05, 3.63) is 69.9 Å². The Balaban J connectivity index is 1.75. The molecule has 2 N–H and O–H groups in total. The highest BCUT2D eigenvalue weighted by Gasteiger charge is 2.38. The Hall–Kier alpha value is -4.58. The van der Waals surface area contributed by atoms with Crippen molar-refractivity contribution in [1.29, 1.82) is 0 Å². The first kappa shape index (κ1) is 31.4. The number of carbonyl (C=O) groups is 1. The van der Waals surface area contributed by atoms with Gasteiger partial charge in [0.05, 0.1) is 38.7 Å². The normalized spacial score (nSPS) is 17.9. The van der Waals surface area contributed by atoms with Gasteiger partial charge in [0.25, 0.3) is 0 Å². The fraction of sp³-hybridized carbons (Fsp3) is 0.394. The summed E-state index contributed by atoms with van der Waals surface area (Å²) in [6, 6.07) is 3.57. The van der Waals surface area contributed by atoms with E-state index in [0.717, 1.165) is 0 Å². The standard InChI is InChI=1S/C33H36ClFN8O3/c1-7-22(45)41-14-19-11-12-36-28-24-31(42(19)13-18(41)6)40-33(46)43(30-26(16(2)3)37-15-38-27(30)17(4)5)32(24)39-29(25(28)34)23-20(35)9-8-10-21(23)44/h7-10,15-19,36,44H,1,11-14H2,2-6H3. The lowest BCUT2D eigenvalue weighted by atomic mass is 9.99. The summed E-state index contributed by atoms with van der Waals surface area (Å²) in [6.07, 6.45) is 3.38. The van der Waals surface area contributed by atoms with Gasteiger partial charge in [-0.25, -0.2) is 28.7 Å². The molecule has 2 unspecified atom stereocenters. The number of anilines is 2. The van der Waals surface area contributed by atoms with E-state index in [1.165, 1.54) is 35.2 Å². The molecule has 13 heteroatoms. The van der Waals surface area contributed by atoms with Gasteiger partial charge in [-0.2, -0.15) is 4.98 Å². The largest absolute Gasteiger partial charge is 0.507 e. The molecule has 46 heavy (non-hydrogen) atoms. The van der Waals surface area contributed by atoms with Gasteiger partial charge in [-0.15, -0.1) is 0 Å². The fourth-order valence-corrected chi connectivity index (χ4v) is 6.81. The minimum Gasteiger partial charge on any atom is -0.507 e. The van der Waals surface area contributed by atoms with Crippen LogP contribution in [-0.2, 0) is 4.79 Å². The molecule has 0 spiro atoms. The summed E-state index contributed by atoms with van der Waals surface area (Å²) in [6.45, 7) is 14.7. The number of piperazine rings is 1. The molecule has 240 valence electrons. The quantitative estimate of drug-likeness (QED) is 0.274. The zero-order valence-electron chi connectivity index (χ0n) is 26.4. The number of phenolic OH excluding ortho intramolecular Hbond substituents is 1. The van der Waals surface area contributed by atoms with Crippen LogP contribution in [0.3, 0.4) is 0 Å². The number of benzene rings is 1. The van der Waals surface area contributed by atoms with Crippen molar-refractivity contribution in [3.8, 4) is 22.7 Å². The van der Waals surface area contributed by atoms with Crippen LogP contribution in [0.15, 0.2) is 42.0 Å². The zero-order chi connectivity index (χ0) is 33.0. The highest BCUT2D eigenvalue weighted by molar-refractivity contribution is 6.37. The van der Waals surface area contributed by atoms with Crippen LogP contribution in [0.5, 0.6) is 5.75 Å². The number of fused-ring (bicyclic) bond motifs is 2. The predicted octanol–water partition coefficient (Wildman–Crippen LogP) is 5.39. The lowest BCUT2D eigenvalue weighted by Gasteiger charge is -2.46. The Labute approximate surface area is 270 Å². The molecule has 1 amide bonds. The molecule has 1 saturated heterocycles. The van der Waals surface area contributed by atoms with Crippen LogP contribution in [0.2, 0.25) is 5.02 Å². The van der Waals surface area contributed by atoms with Crippen LogP contribution in [0.1, 0.15) is 64.3 Å². The van der Waals surface area contributed by atoms with E-state index in [4.69, 9.17) is 21.6 Å². The van der Waals surface area contributed by atoms with Gasteiger partial charge in [0, 0.05) is 31.7 Å². The van der Waals surface area contributed by atoms with Gasteiger partial charge in [0.15, 0.2) is 5.65 Å². The molecule has 0 saturated carbocycles. The van der Waals surface area contributed by atoms with Crippen molar-refractivity contribution in [2.24, 2.45) is 0 Å². The molecule has 4 aromatic rings. The van der Waals surface area contributed by atoms with Gasteiger partial charge in [-0.3, -0.25) is 4.79 Å². The van der Waals surface area contributed by atoms with E-state index in [9.17, 15) is 14.7 Å². The van der Waals surface area contributed by atoms with Gasteiger partial charge in [0.2, 0.25) is 5.91 Å². The summed E-state index contributed by atoms with van der Waals surface area (Å²) in [5.74, 6) is -1.08. The maximum Gasteiger partial charge on any atom is 0.355 e. The molecule has 2 aliphatic heterocycles. The van der Waals surface area contributed by atoms with Crippen molar-refractivity contribution in [2.75, 3.05) is 29.9 Å². The van der Waals surface area contributed by atoms with E-state index in [1.54, 1.807) is 4.90 Å². The molecular formula is C33H36ClFN8O3. The monoisotopic (exact) mass is 646 g/mol. The van der Waals surface area contributed by atoms with Crippen molar-refractivity contribution in [3.63, 3.8) is 0 Å². The number of aromatic nitrogens is 5. The third-order valence-electron chi connectivity index (χ3n) is 8.72. The summed E-state index contributed by atoms with van der Waals surface area (Å²) in [5, 5.41) is 14.8. The molecule has 2 aliphatic rings. The number of carbonyl (C=O) groups excluding carboxylic acids is 1. The molecule has 6 rings (SSSR count). The van der Waals surface area contributed by atoms with E-state index in [-0.39, 0.29) is 57.5 Å². The summed E-state index contributed by atoms with van der Waals surface area (Å²) in [7, 11) is 0. The number of halogens is 2. The number of aromatic hydroxyl groups is 1. The van der Waals surface area contributed by atoms with Gasteiger partial charge < -0.3 is 20.2 Å². The highest BCUT2D eigenvalue weighted by Crippen LogP contribution is 2.46. The number of nitrogens with zero attached hydrogens (tertiary/aromatic N) is 7. The second kappa shape index (κ2) is 12.0. The van der Waals surface area contributed by atoms with E-state index in [2.05, 4.69) is 21.9 Å². The average Bonchev–Trinajstić information content (AvgIpc) is 3.01. The van der Waals surface area contributed by atoms with Crippen molar-refractivity contribution >= 4 is 40.0 Å². The molecule has 3 aromatic heterocycles. The molecule has 5 heterocycles. The van der Waals surface area contributed by atoms with Crippen LogP contribution in [0.4, 0.5) is 15.9 Å². The summed E-state index contributed by atoms with van der Waals surface area (Å²) in [5.41, 5.74) is 1.42. The SMILES string of the molecule is C=CC(=O)N1CC2CCNc3c(Cl)c(-c4c(O)cccc4F)nc4c3c(nc(=O)n4-c3c(C(C)C)ncnc3C(C)C)N2CC1C. The first-order valence-electron chi connectivity index (χ1n) is 15.4. The van der Waals surface area contributed by atoms with Crippen molar-refractivity contribution < 1.29 is 14.3 Å². The predicted molar refractivity (Wildman–Crippen MR) is 177 cm³/mol. The van der Waals surface area contributed by atoms with Crippen LogP contribution < -0.4 is 15.9 Å². The van der Waals surface area contributed by atoms with Gasteiger partial charge >= 0.3 is 5.69 Å². The number of rotatable bonds is 5. The van der Waals surface area contributed by atoms with Crippen molar-refractivity contribution in [2.45, 2.75) is 65.0 Å². The lowest BCUT2D eigenvalue weighted by molar-refractivity contribution is -0.128. The average molecular weight is 647 g/mol. The van der Waals surface area contributed by atoms with E-state index in [0.29, 0.717) is 60.0 Å². The summed E-state index contributed by atoms with van der Waals surface area (Å²) >= 11 is 7.06. The second-order valence-corrected chi connectivity index (χ2v) is 12.8. The first-order chi connectivity index (χ1) is 21.9. The van der Waals surface area contributed by atoms with E-state index < -0.39 is 11.5 Å². The number of nitrogens with one attached hydrogen (secondary N) is 1. The maximum absolute atomic E-state index is 15.4. The first-order valence-corrected chi connectivity index (χ1v) is 15.7. The highest BCUT2D eigenvalue weighted by atomic mass is 35.5. The molecule has 0 bridgehead atoms. The van der Waals surface area contributed by atoms with Crippen molar-refractivity contribution in [1.82, 2.24) is 29.4 Å². The molecule has 11 nitrogen and oxygen atoms in total. The molecular weight excluding hydrogens is 611 g/mol. The van der Waals surface area contributed by atoms with E-state index >= 15 is 4.39 Å². The van der Waals surface area contributed by atoms with Gasteiger partial charge in [-0.05, 0) is 43.4 Å². The molecule has 2 atom stereocenters. The van der Waals surface area contributed by atoms with Crippen LogP contribution >= 0.6 is 11.6 Å². The minimum absolute atomic E-state index is 0.0292. The Bertz CT molecular complexity index is 1900. The topological polar surface area (TPSA) is 129 Å². The Morgan fingerprint density at radius 3 is 2.48 bits per heavy atom. The third kappa shape index (κ3) is 5.04. The van der Waals surface area contributed by atoms with Crippen LogP contribution in [-0.4, -0.2) is 72.1 Å². The summed E-state index contributed by atoms with van der Waals surface area (Å²) in [4.78, 5) is 49.7. The number of amides is 1. The van der Waals surface area contributed by atoms with Crippen LogP contribution in [0, 0.1) is 5.82 Å². The minimum atomic E-state index is -0.722. The number of hydrogen-bond acceptors (Lipinski definition) is 9. The number of hydrogen-bond donors (Lipinski definition) is 2. The molecule has 0 aliphatic carbocycles. The van der Waals surface area contributed by atoms with Gasteiger partial charge in [-0.1, -0.05) is 51.9 Å². The second-order valence-electron chi connectivity index (χ2n) is 12.4. The Kier molecular flexibility index (Phi) is 8.18. The van der Waals surface area contributed by atoms with Crippen LogP contribution in [0.25, 0.3) is 28.0 Å². The lowest BCUT2D eigenvalue weighted by Crippen LogP contribution is -2.60. The van der Waals surface area contributed by atoms with Gasteiger partial charge in [0.1, 0.15) is 29.4 Å².